The monoisotopic (exact) mass is 279 g/mol. The first-order chi connectivity index (χ1) is 9.49. The largest absolute Gasteiger partial charge is 0.379 e. The fourth-order valence-corrected chi connectivity index (χ4v) is 2.71. The summed E-state index contributed by atoms with van der Waals surface area (Å²) in [7, 11) is 3.81. The van der Waals surface area contributed by atoms with Crippen molar-refractivity contribution in [3.05, 3.63) is 12.4 Å². The third-order valence-corrected chi connectivity index (χ3v) is 4.18. The lowest BCUT2D eigenvalue weighted by atomic mass is 9.90. The van der Waals surface area contributed by atoms with Crippen molar-refractivity contribution in [3.63, 3.8) is 0 Å². The molecule has 0 radical (unpaired) electrons. The Bertz CT molecular complexity index is 458. The summed E-state index contributed by atoms with van der Waals surface area (Å²) in [6.45, 7) is 5.90. The minimum absolute atomic E-state index is 0.0408. The van der Waals surface area contributed by atoms with Crippen LogP contribution < -0.4 is 10.6 Å². The van der Waals surface area contributed by atoms with Gasteiger partial charge in [-0.25, -0.2) is 0 Å². The Labute approximate surface area is 120 Å². The Kier molecular flexibility index (Phi) is 4.65. The van der Waals surface area contributed by atoms with E-state index in [9.17, 15) is 4.79 Å². The minimum atomic E-state index is -0.0408. The molecule has 1 amide bonds. The van der Waals surface area contributed by atoms with Gasteiger partial charge in [-0.1, -0.05) is 6.92 Å². The van der Waals surface area contributed by atoms with Crippen LogP contribution in [0.2, 0.25) is 0 Å². The van der Waals surface area contributed by atoms with Crippen molar-refractivity contribution in [1.82, 2.24) is 20.0 Å². The van der Waals surface area contributed by atoms with Crippen LogP contribution in [0.1, 0.15) is 20.3 Å². The predicted molar refractivity (Wildman–Crippen MR) is 79.6 cm³/mol. The number of likely N-dealkylation sites (tertiary alicyclic amines) is 1. The SMILES string of the molecule is CNC(=O)Cn1cc(NC2CC(C)N(C)CC2C)cn1. The summed E-state index contributed by atoms with van der Waals surface area (Å²) >= 11 is 0. The average Bonchev–Trinajstić information content (AvgIpc) is 2.83. The maximum atomic E-state index is 11.3. The number of likely N-dealkylation sites (N-methyl/N-ethyl adjacent to an activating group) is 1. The van der Waals surface area contributed by atoms with Gasteiger partial charge < -0.3 is 15.5 Å². The number of anilines is 1. The summed E-state index contributed by atoms with van der Waals surface area (Å²) < 4.78 is 1.66. The summed E-state index contributed by atoms with van der Waals surface area (Å²) in [6.07, 6.45) is 4.81. The molecular weight excluding hydrogens is 254 g/mol. The predicted octanol–water partition coefficient (Wildman–Crippen LogP) is 0.770. The topological polar surface area (TPSA) is 62.2 Å². The number of hydrogen-bond donors (Lipinski definition) is 2. The molecule has 0 saturated carbocycles. The third kappa shape index (κ3) is 3.50. The number of nitrogens with zero attached hydrogens (tertiary/aromatic N) is 3. The van der Waals surface area contributed by atoms with E-state index >= 15 is 0 Å². The van der Waals surface area contributed by atoms with Crippen molar-refractivity contribution >= 4 is 11.6 Å². The van der Waals surface area contributed by atoms with Gasteiger partial charge in [0.1, 0.15) is 6.54 Å². The molecule has 2 rings (SSSR count). The first kappa shape index (κ1) is 14.8. The molecule has 2 N–H and O–H groups in total. The highest BCUT2D eigenvalue weighted by atomic mass is 16.1. The number of hydrogen-bond acceptors (Lipinski definition) is 4. The second-order valence-corrected chi connectivity index (χ2v) is 5.85. The highest BCUT2D eigenvalue weighted by Crippen LogP contribution is 2.24. The maximum absolute atomic E-state index is 11.3. The number of nitrogens with one attached hydrogen (secondary N) is 2. The summed E-state index contributed by atoms with van der Waals surface area (Å²) in [4.78, 5) is 13.7. The zero-order chi connectivity index (χ0) is 14.7. The summed E-state index contributed by atoms with van der Waals surface area (Å²) in [5, 5.41) is 10.4. The van der Waals surface area contributed by atoms with Crippen molar-refractivity contribution in [2.45, 2.75) is 38.9 Å². The fourth-order valence-electron chi connectivity index (χ4n) is 2.71. The lowest BCUT2D eigenvalue weighted by Crippen LogP contribution is -2.48. The van der Waals surface area contributed by atoms with E-state index in [0.29, 0.717) is 18.0 Å². The van der Waals surface area contributed by atoms with Gasteiger partial charge in [0.15, 0.2) is 0 Å². The van der Waals surface area contributed by atoms with Gasteiger partial charge in [-0.2, -0.15) is 5.10 Å². The molecule has 1 aliphatic heterocycles. The molecule has 1 fully saturated rings. The van der Waals surface area contributed by atoms with Crippen molar-refractivity contribution in [3.8, 4) is 0 Å². The number of piperidine rings is 1. The molecule has 6 heteroatoms. The van der Waals surface area contributed by atoms with Gasteiger partial charge in [0.05, 0.1) is 11.9 Å². The highest BCUT2D eigenvalue weighted by molar-refractivity contribution is 5.75. The van der Waals surface area contributed by atoms with Crippen LogP contribution in [-0.2, 0) is 11.3 Å². The molecule has 6 nitrogen and oxygen atoms in total. The Morgan fingerprint density at radius 2 is 2.25 bits per heavy atom. The molecule has 1 saturated heterocycles. The van der Waals surface area contributed by atoms with Crippen molar-refractivity contribution in [1.29, 1.82) is 0 Å². The number of aromatic nitrogens is 2. The zero-order valence-electron chi connectivity index (χ0n) is 12.8. The molecule has 112 valence electrons. The quantitative estimate of drug-likeness (QED) is 0.854. The zero-order valence-corrected chi connectivity index (χ0v) is 12.8. The van der Waals surface area contributed by atoms with Gasteiger partial charge in [0, 0.05) is 31.9 Å². The Morgan fingerprint density at radius 1 is 1.50 bits per heavy atom. The van der Waals surface area contributed by atoms with Gasteiger partial charge in [-0.15, -0.1) is 0 Å². The second-order valence-electron chi connectivity index (χ2n) is 5.85. The summed E-state index contributed by atoms with van der Waals surface area (Å²) in [5.74, 6) is 0.555. The number of rotatable bonds is 4. The Morgan fingerprint density at radius 3 is 2.95 bits per heavy atom. The highest BCUT2D eigenvalue weighted by Gasteiger charge is 2.28. The summed E-state index contributed by atoms with van der Waals surface area (Å²) in [6, 6.07) is 1.04. The first-order valence-electron chi connectivity index (χ1n) is 7.19. The van der Waals surface area contributed by atoms with E-state index < -0.39 is 0 Å². The second kappa shape index (κ2) is 6.26. The number of amides is 1. The molecule has 0 spiro atoms. The summed E-state index contributed by atoms with van der Waals surface area (Å²) in [5.41, 5.74) is 0.988. The van der Waals surface area contributed by atoms with Crippen molar-refractivity contribution in [2.24, 2.45) is 5.92 Å². The number of carbonyl (C=O) groups excluding carboxylic acids is 1. The molecule has 0 aromatic carbocycles. The van der Waals surface area contributed by atoms with Crippen molar-refractivity contribution in [2.75, 3.05) is 26.0 Å². The first-order valence-corrected chi connectivity index (χ1v) is 7.19. The van der Waals surface area contributed by atoms with Crippen LogP contribution in [-0.4, -0.2) is 53.3 Å². The van der Waals surface area contributed by atoms with Gasteiger partial charge in [0.25, 0.3) is 0 Å². The van der Waals surface area contributed by atoms with Gasteiger partial charge in [-0.05, 0) is 26.3 Å². The lowest BCUT2D eigenvalue weighted by Gasteiger charge is -2.40. The van der Waals surface area contributed by atoms with E-state index in [-0.39, 0.29) is 12.5 Å². The van der Waals surface area contributed by atoms with E-state index in [0.717, 1.165) is 18.7 Å². The molecule has 1 aromatic heterocycles. The minimum Gasteiger partial charge on any atom is -0.379 e. The maximum Gasteiger partial charge on any atom is 0.241 e. The van der Waals surface area contributed by atoms with E-state index in [2.05, 4.69) is 41.5 Å². The van der Waals surface area contributed by atoms with E-state index in [1.54, 1.807) is 17.9 Å². The van der Waals surface area contributed by atoms with Crippen LogP contribution in [0, 0.1) is 5.92 Å². The fraction of sp³-hybridized carbons (Fsp3) is 0.714. The van der Waals surface area contributed by atoms with Crippen LogP contribution in [0.3, 0.4) is 0 Å². The van der Waals surface area contributed by atoms with Gasteiger partial charge in [0.2, 0.25) is 5.91 Å². The molecule has 1 aromatic rings. The van der Waals surface area contributed by atoms with Gasteiger partial charge in [-0.3, -0.25) is 9.48 Å². The van der Waals surface area contributed by atoms with Crippen LogP contribution >= 0.6 is 0 Å². The smallest absolute Gasteiger partial charge is 0.241 e. The van der Waals surface area contributed by atoms with Crippen LogP contribution in [0.5, 0.6) is 0 Å². The molecule has 1 aliphatic rings. The number of carbonyl (C=O) groups is 1. The van der Waals surface area contributed by atoms with Crippen molar-refractivity contribution < 1.29 is 4.79 Å². The molecule has 20 heavy (non-hydrogen) atoms. The van der Waals surface area contributed by atoms with E-state index in [4.69, 9.17) is 0 Å². The lowest BCUT2D eigenvalue weighted by molar-refractivity contribution is -0.121. The van der Waals surface area contributed by atoms with Crippen LogP contribution in [0.15, 0.2) is 12.4 Å². The molecule has 0 bridgehead atoms. The molecular formula is C14H25N5O. The van der Waals surface area contributed by atoms with Crippen LogP contribution in [0.4, 0.5) is 5.69 Å². The molecule has 2 heterocycles. The standard InChI is InChI=1S/C14H25N5O/c1-10-7-18(4)11(2)5-13(10)17-12-6-16-19(8-12)9-14(20)15-3/h6,8,10-11,13,17H,5,7,9H2,1-4H3,(H,15,20). The molecule has 3 unspecified atom stereocenters. The van der Waals surface area contributed by atoms with Gasteiger partial charge >= 0.3 is 0 Å². The molecule has 0 aliphatic carbocycles. The third-order valence-electron chi connectivity index (χ3n) is 4.18. The molecule has 3 atom stereocenters. The average molecular weight is 279 g/mol. The van der Waals surface area contributed by atoms with E-state index in [1.807, 2.05) is 6.20 Å². The van der Waals surface area contributed by atoms with Crippen LogP contribution in [0.25, 0.3) is 0 Å². The van der Waals surface area contributed by atoms with E-state index in [1.165, 1.54) is 0 Å². The normalized spacial score (nSPS) is 27.3. The Balaban J connectivity index is 1.94. The Hall–Kier alpha value is -1.56.